The average Bonchev–Trinajstić information content (AvgIpc) is 2.90. The van der Waals surface area contributed by atoms with Gasteiger partial charge in [-0.1, -0.05) is 6.07 Å². The lowest BCUT2D eigenvalue weighted by Crippen LogP contribution is -2.05. The number of hydrogen-bond acceptors (Lipinski definition) is 5. The Morgan fingerprint density at radius 1 is 1.29 bits per heavy atom. The first kappa shape index (κ1) is 11.2. The number of ether oxygens (including phenoxy) is 2. The van der Waals surface area contributed by atoms with Gasteiger partial charge in [-0.25, -0.2) is 4.98 Å². The molecule has 0 atom stereocenters. The molecule has 2 aromatic rings. The SMILES string of the molecule is COc1cccc(C(=O)c2ncco2)c1OC. The summed E-state index contributed by atoms with van der Waals surface area (Å²) in [7, 11) is 2.99. The monoisotopic (exact) mass is 233 g/mol. The largest absolute Gasteiger partial charge is 0.493 e. The number of ketones is 1. The molecule has 0 aliphatic heterocycles. The fourth-order valence-corrected chi connectivity index (χ4v) is 1.52. The fourth-order valence-electron chi connectivity index (χ4n) is 1.52. The van der Waals surface area contributed by atoms with Crippen LogP contribution in [0.5, 0.6) is 11.5 Å². The second-order valence-corrected chi connectivity index (χ2v) is 3.21. The van der Waals surface area contributed by atoms with Gasteiger partial charge in [0.2, 0.25) is 0 Å². The van der Waals surface area contributed by atoms with Crippen molar-refractivity contribution in [2.75, 3.05) is 14.2 Å². The third-order valence-corrected chi connectivity index (χ3v) is 2.27. The van der Waals surface area contributed by atoms with Crippen LogP contribution in [0.1, 0.15) is 16.2 Å². The first-order valence-corrected chi connectivity index (χ1v) is 4.93. The van der Waals surface area contributed by atoms with E-state index in [1.807, 2.05) is 0 Å². The normalized spacial score (nSPS) is 10.0. The molecule has 2 rings (SSSR count). The molecule has 1 aromatic carbocycles. The smallest absolute Gasteiger partial charge is 0.268 e. The molecule has 5 heteroatoms. The number of para-hydroxylation sites is 1. The summed E-state index contributed by atoms with van der Waals surface area (Å²) in [6.07, 6.45) is 2.76. The summed E-state index contributed by atoms with van der Waals surface area (Å²) in [6, 6.07) is 5.05. The molecule has 0 radical (unpaired) electrons. The zero-order valence-electron chi connectivity index (χ0n) is 9.47. The molecule has 0 spiro atoms. The standard InChI is InChI=1S/C12H11NO4/c1-15-9-5-3-4-8(11(9)16-2)10(14)12-13-6-7-17-12/h3-7H,1-2H3. The van der Waals surface area contributed by atoms with Gasteiger partial charge in [-0.2, -0.15) is 0 Å². The van der Waals surface area contributed by atoms with E-state index in [9.17, 15) is 4.79 Å². The van der Waals surface area contributed by atoms with Crippen molar-refractivity contribution in [3.8, 4) is 11.5 Å². The van der Waals surface area contributed by atoms with Crippen LogP contribution in [0.4, 0.5) is 0 Å². The predicted octanol–water partition coefficient (Wildman–Crippen LogP) is 1.92. The Labute approximate surface area is 98.0 Å². The van der Waals surface area contributed by atoms with Crippen molar-refractivity contribution in [3.05, 3.63) is 42.1 Å². The molecule has 1 heterocycles. The molecule has 0 fully saturated rings. The Hall–Kier alpha value is -2.30. The van der Waals surface area contributed by atoms with Crippen LogP contribution >= 0.6 is 0 Å². The lowest BCUT2D eigenvalue weighted by atomic mass is 10.1. The van der Waals surface area contributed by atoms with Gasteiger partial charge in [-0.3, -0.25) is 4.79 Å². The van der Waals surface area contributed by atoms with E-state index >= 15 is 0 Å². The molecule has 88 valence electrons. The second-order valence-electron chi connectivity index (χ2n) is 3.21. The quantitative estimate of drug-likeness (QED) is 0.755. The van der Waals surface area contributed by atoms with Crippen molar-refractivity contribution < 1.29 is 18.7 Å². The summed E-state index contributed by atoms with van der Waals surface area (Å²) in [5.41, 5.74) is 0.356. The van der Waals surface area contributed by atoms with E-state index in [1.54, 1.807) is 18.2 Å². The molecule has 0 unspecified atom stereocenters. The minimum atomic E-state index is -0.342. The lowest BCUT2D eigenvalue weighted by Gasteiger charge is -2.10. The first-order valence-electron chi connectivity index (χ1n) is 4.93. The summed E-state index contributed by atoms with van der Waals surface area (Å²) in [4.78, 5) is 15.9. The summed E-state index contributed by atoms with van der Waals surface area (Å²) in [6.45, 7) is 0. The maximum atomic E-state index is 12.1. The number of carbonyl (C=O) groups excluding carboxylic acids is 1. The molecule has 17 heavy (non-hydrogen) atoms. The third-order valence-electron chi connectivity index (χ3n) is 2.27. The van der Waals surface area contributed by atoms with Crippen LogP contribution in [-0.2, 0) is 0 Å². The highest BCUT2D eigenvalue weighted by atomic mass is 16.5. The number of benzene rings is 1. The Bertz CT molecular complexity index is 519. The second kappa shape index (κ2) is 4.69. The van der Waals surface area contributed by atoms with Crippen molar-refractivity contribution in [2.24, 2.45) is 0 Å². The van der Waals surface area contributed by atoms with Crippen LogP contribution in [0.2, 0.25) is 0 Å². The number of nitrogens with zero attached hydrogens (tertiary/aromatic N) is 1. The molecule has 0 aliphatic carbocycles. The van der Waals surface area contributed by atoms with Gasteiger partial charge in [0, 0.05) is 0 Å². The molecule has 0 N–H and O–H groups in total. The van der Waals surface area contributed by atoms with Crippen LogP contribution in [0.25, 0.3) is 0 Å². The number of oxazole rings is 1. The highest BCUT2D eigenvalue weighted by Gasteiger charge is 2.20. The van der Waals surface area contributed by atoms with Crippen molar-refractivity contribution >= 4 is 5.78 Å². The molecule has 5 nitrogen and oxygen atoms in total. The van der Waals surface area contributed by atoms with Crippen molar-refractivity contribution in [1.29, 1.82) is 0 Å². The van der Waals surface area contributed by atoms with E-state index in [2.05, 4.69) is 4.98 Å². The van der Waals surface area contributed by atoms with Gasteiger partial charge < -0.3 is 13.9 Å². The minimum Gasteiger partial charge on any atom is -0.493 e. The number of methoxy groups -OCH3 is 2. The van der Waals surface area contributed by atoms with E-state index < -0.39 is 0 Å². The number of carbonyl (C=O) groups is 1. The highest BCUT2D eigenvalue weighted by molar-refractivity contribution is 6.08. The van der Waals surface area contributed by atoms with Gasteiger partial charge in [0.1, 0.15) is 6.26 Å². The van der Waals surface area contributed by atoms with Gasteiger partial charge in [-0.15, -0.1) is 0 Å². The summed E-state index contributed by atoms with van der Waals surface area (Å²) in [5.74, 6) is 0.547. The van der Waals surface area contributed by atoms with Crippen LogP contribution in [-0.4, -0.2) is 25.0 Å². The minimum absolute atomic E-state index is 0.0246. The van der Waals surface area contributed by atoms with Gasteiger partial charge in [0.15, 0.2) is 11.5 Å². The molecule has 0 aliphatic rings. The van der Waals surface area contributed by atoms with Gasteiger partial charge >= 0.3 is 0 Å². The predicted molar refractivity (Wildman–Crippen MR) is 59.5 cm³/mol. The number of hydrogen-bond donors (Lipinski definition) is 0. The van der Waals surface area contributed by atoms with Crippen LogP contribution in [0.15, 0.2) is 35.1 Å². The molecule has 1 aromatic heterocycles. The molecule has 0 bridgehead atoms. The summed E-state index contributed by atoms with van der Waals surface area (Å²) in [5, 5.41) is 0. The molecule has 0 amide bonds. The van der Waals surface area contributed by atoms with Crippen LogP contribution in [0.3, 0.4) is 0 Å². The Morgan fingerprint density at radius 2 is 2.12 bits per heavy atom. The van der Waals surface area contributed by atoms with Crippen LogP contribution < -0.4 is 9.47 Å². The first-order chi connectivity index (χ1) is 8.27. The fraction of sp³-hybridized carbons (Fsp3) is 0.167. The zero-order chi connectivity index (χ0) is 12.3. The van der Waals surface area contributed by atoms with E-state index in [-0.39, 0.29) is 11.7 Å². The summed E-state index contributed by atoms with van der Waals surface area (Å²) < 4.78 is 15.3. The number of aromatic nitrogens is 1. The van der Waals surface area contributed by atoms with E-state index in [0.29, 0.717) is 17.1 Å². The summed E-state index contributed by atoms with van der Waals surface area (Å²) >= 11 is 0. The molecular weight excluding hydrogens is 222 g/mol. The van der Waals surface area contributed by atoms with Gasteiger partial charge in [0.25, 0.3) is 11.7 Å². The molecular formula is C12H11NO4. The van der Waals surface area contributed by atoms with Crippen LogP contribution in [0, 0.1) is 0 Å². The molecule has 0 saturated heterocycles. The third kappa shape index (κ3) is 1.99. The Balaban J connectivity index is 2.48. The van der Waals surface area contributed by atoms with E-state index in [4.69, 9.17) is 13.9 Å². The Morgan fingerprint density at radius 3 is 2.71 bits per heavy atom. The van der Waals surface area contributed by atoms with Crippen molar-refractivity contribution in [3.63, 3.8) is 0 Å². The zero-order valence-corrected chi connectivity index (χ0v) is 9.47. The van der Waals surface area contributed by atoms with Gasteiger partial charge in [0.05, 0.1) is 26.0 Å². The maximum Gasteiger partial charge on any atom is 0.268 e. The molecule has 0 saturated carbocycles. The lowest BCUT2D eigenvalue weighted by molar-refractivity contribution is 0.0999. The van der Waals surface area contributed by atoms with E-state index in [0.717, 1.165) is 0 Å². The highest BCUT2D eigenvalue weighted by Crippen LogP contribution is 2.31. The van der Waals surface area contributed by atoms with E-state index in [1.165, 1.54) is 26.7 Å². The van der Waals surface area contributed by atoms with Crippen molar-refractivity contribution in [2.45, 2.75) is 0 Å². The van der Waals surface area contributed by atoms with Crippen molar-refractivity contribution in [1.82, 2.24) is 4.98 Å². The number of rotatable bonds is 4. The topological polar surface area (TPSA) is 61.6 Å². The van der Waals surface area contributed by atoms with Gasteiger partial charge in [-0.05, 0) is 12.1 Å². The average molecular weight is 233 g/mol. The Kier molecular flexibility index (Phi) is 3.09. The maximum absolute atomic E-state index is 12.1.